The van der Waals surface area contributed by atoms with Gasteiger partial charge in [-0.1, -0.05) is 41.6 Å². The molecule has 0 spiro atoms. The summed E-state index contributed by atoms with van der Waals surface area (Å²) in [5, 5.41) is 13.1. The fraction of sp³-hybridized carbons (Fsp3) is 0.300. The molecule has 1 fully saturated rings. The SMILES string of the molecule is C[C@H](NC(=O)CSc1nnc(-c2ccncc2)n1C1CC1)c1ccccc1Cl. The monoisotopic (exact) mass is 413 g/mol. The number of thioether (sulfide) groups is 1. The highest BCUT2D eigenvalue weighted by molar-refractivity contribution is 7.99. The van der Waals surface area contributed by atoms with Crippen molar-refractivity contribution in [3.05, 3.63) is 59.4 Å². The van der Waals surface area contributed by atoms with Crippen molar-refractivity contribution in [2.45, 2.75) is 37.0 Å². The molecule has 0 saturated heterocycles. The van der Waals surface area contributed by atoms with Crippen LogP contribution in [-0.2, 0) is 4.79 Å². The van der Waals surface area contributed by atoms with E-state index in [1.54, 1.807) is 12.4 Å². The van der Waals surface area contributed by atoms with Crippen LogP contribution in [0.2, 0.25) is 5.02 Å². The van der Waals surface area contributed by atoms with E-state index in [2.05, 4.69) is 25.1 Å². The van der Waals surface area contributed by atoms with E-state index in [1.807, 2.05) is 43.3 Å². The zero-order valence-electron chi connectivity index (χ0n) is 15.4. The molecule has 1 aliphatic rings. The molecule has 0 unspecified atom stereocenters. The van der Waals surface area contributed by atoms with E-state index in [0.717, 1.165) is 34.9 Å². The summed E-state index contributed by atoms with van der Waals surface area (Å²) >= 11 is 7.63. The largest absolute Gasteiger partial charge is 0.349 e. The van der Waals surface area contributed by atoms with Crippen LogP contribution in [0.5, 0.6) is 0 Å². The van der Waals surface area contributed by atoms with Gasteiger partial charge >= 0.3 is 0 Å². The average molecular weight is 414 g/mol. The van der Waals surface area contributed by atoms with Crippen molar-refractivity contribution in [3.63, 3.8) is 0 Å². The van der Waals surface area contributed by atoms with Crippen molar-refractivity contribution in [1.29, 1.82) is 0 Å². The minimum Gasteiger partial charge on any atom is -0.349 e. The molecule has 4 rings (SSSR count). The van der Waals surface area contributed by atoms with Gasteiger partial charge in [-0.3, -0.25) is 14.3 Å². The van der Waals surface area contributed by atoms with Crippen molar-refractivity contribution >= 4 is 29.3 Å². The van der Waals surface area contributed by atoms with E-state index in [1.165, 1.54) is 11.8 Å². The number of aromatic nitrogens is 4. The number of nitrogens with zero attached hydrogens (tertiary/aromatic N) is 4. The van der Waals surface area contributed by atoms with Gasteiger partial charge in [-0.25, -0.2) is 0 Å². The van der Waals surface area contributed by atoms with Crippen LogP contribution in [0.4, 0.5) is 0 Å². The van der Waals surface area contributed by atoms with Gasteiger partial charge in [0.05, 0.1) is 11.8 Å². The third kappa shape index (κ3) is 4.20. The standard InChI is InChI=1S/C20H20ClN5OS/c1-13(16-4-2-3-5-17(16)21)23-18(27)12-28-20-25-24-19(26(20)15-6-7-15)14-8-10-22-11-9-14/h2-5,8-11,13,15H,6-7,12H2,1H3,(H,23,27)/t13-/m0/s1. The molecule has 1 N–H and O–H groups in total. The van der Waals surface area contributed by atoms with Gasteiger partial charge < -0.3 is 5.32 Å². The number of amides is 1. The molecule has 2 heterocycles. The number of benzene rings is 1. The summed E-state index contributed by atoms with van der Waals surface area (Å²) in [6, 6.07) is 11.6. The molecule has 1 aromatic carbocycles. The van der Waals surface area contributed by atoms with Crippen LogP contribution in [0.3, 0.4) is 0 Å². The maximum Gasteiger partial charge on any atom is 0.230 e. The third-order valence-electron chi connectivity index (χ3n) is 4.60. The lowest BCUT2D eigenvalue weighted by Gasteiger charge is -2.15. The molecule has 0 radical (unpaired) electrons. The Hall–Kier alpha value is -2.38. The first kappa shape index (κ1) is 19.0. The van der Waals surface area contributed by atoms with Crippen LogP contribution < -0.4 is 5.32 Å². The molecule has 1 aliphatic carbocycles. The maximum absolute atomic E-state index is 12.4. The fourth-order valence-electron chi connectivity index (χ4n) is 3.05. The summed E-state index contributed by atoms with van der Waals surface area (Å²) in [5.41, 5.74) is 1.89. The average Bonchev–Trinajstić information content (AvgIpc) is 3.46. The molecule has 3 aromatic rings. The molecule has 6 nitrogen and oxygen atoms in total. The summed E-state index contributed by atoms with van der Waals surface area (Å²) in [6.07, 6.45) is 5.72. The highest BCUT2D eigenvalue weighted by atomic mass is 35.5. The quantitative estimate of drug-likeness (QED) is 0.584. The highest BCUT2D eigenvalue weighted by Gasteiger charge is 2.30. The lowest BCUT2D eigenvalue weighted by Crippen LogP contribution is -2.28. The molecular weight excluding hydrogens is 394 g/mol. The van der Waals surface area contributed by atoms with Crippen LogP contribution in [-0.4, -0.2) is 31.4 Å². The topological polar surface area (TPSA) is 72.7 Å². The summed E-state index contributed by atoms with van der Waals surface area (Å²) in [4.78, 5) is 16.5. The first-order chi connectivity index (χ1) is 13.6. The smallest absolute Gasteiger partial charge is 0.230 e. The number of rotatable bonds is 7. The van der Waals surface area contributed by atoms with E-state index >= 15 is 0 Å². The first-order valence-electron chi connectivity index (χ1n) is 9.15. The van der Waals surface area contributed by atoms with Crippen molar-refractivity contribution in [2.75, 3.05) is 5.75 Å². The van der Waals surface area contributed by atoms with Gasteiger partial charge in [0.15, 0.2) is 11.0 Å². The third-order valence-corrected chi connectivity index (χ3v) is 5.88. The number of carbonyl (C=O) groups excluding carboxylic acids is 1. The van der Waals surface area contributed by atoms with Crippen molar-refractivity contribution in [2.24, 2.45) is 0 Å². The Bertz CT molecular complexity index is 974. The lowest BCUT2D eigenvalue weighted by atomic mass is 10.1. The van der Waals surface area contributed by atoms with Gasteiger partial charge in [-0.2, -0.15) is 0 Å². The van der Waals surface area contributed by atoms with E-state index in [9.17, 15) is 4.79 Å². The molecule has 2 aromatic heterocycles. The Morgan fingerprint density at radius 2 is 2.00 bits per heavy atom. The number of hydrogen-bond donors (Lipinski definition) is 1. The van der Waals surface area contributed by atoms with Gasteiger partial charge in [0.25, 0.3) is 0 Å². The number of nitrogens with one attached hydrogen (secondary N) is 1. The van der Waals surface area contributed by atoms with Gasteiger partial charge in [0.2, 0.25) is 5.91 Å². The number of carbonyl (C=O) groups is 1. The zero-order valence-corrected chi connectivity index (χ0v) is 17.0. The highest BCUT2D eigenvalue weighted by Crippen LogP contribution is 2.40. The zero-order chi connectivity index (χ0) is 19.5. The molecule has 0 aliphatic heterocycles. The minimum absolute atomic E-state index is 0.0618. The maximum atomic E-state index is 12.4. The Morgan fingerprint density at radius 3 is 2.71 bits per heavy atom. The summed E-state index contributed by atoms with van der Waals surface area (Å²) < 4.78 is 2.14. The fourth-order valence-corrected chi connectivity index (χ4v) is 4.17. The van der Waals surface area contributed by atoms with Crippen LogP contribution in [0, 0.1) is 0 Å². The Morgan fingerprint density at radius 1 is 1.25 bits per heavy atom. The molecule has 8 heteroatoms. The van der Waals surface area contributed by atoms with Crippen LogP contribution in [0.1, 0.15) is 37.4 Å². The van der Waals surface area contributed by atoms with Crippen LogP contribution in [0.15, 0.2) is 53.9 Å². The van der Waals surface area contributed by atoms with Crippen molar-refractivity contribution < 1.29 is 4.79 Å². The number of halogens is 1. The molecule has 0 bridgehead atoms. The minimum atomic E-state index is -0.157. The van der Waals surface area contributed by atoms with Crippen LogP contribution in [0.25, 0.3) is 11.4 Å². The molecule has 144 valence electrons. The van der Waals surface area contributed by atoms with E-state index in [4.69, 9.17) is 11.6 Å². The predicted octanol–water partition coefficient (Wildman–Crippen LogP) is 4.30. The lowest BCUT2D eigenvalue weighted by molar-refractivity contribution is -0.119. The first-order valence-corrected chi connectivity index (χ1v) is 10.5. The molecule has 28 heavy (non-hydrogen) atoms. The molecule has 1 saturated carbocycles. The van der Waals surface area contributed by atoms with E-state index in [0.29, 0.717) is 11.1 Å². The van der Waals surface area contributed by atoms with Gasteiger partial charge in [0, 0.05) is 29.0 Å². The molecule has 1 atom stereocenters. The second-order valence-corrected chi connectivity index (χ2v) is 8.09. The Kier molecular flexibility index (Phi) is 5.64. The second-order valence-electron chi connectivity index (χ2n) is 6.74. The van der Waals surface area contributed by atoms with Gasteiger partial charge in [0.1, 0.15) is 0 Å². The van der Waals surface area contributed by atoms with Crippen molar-refractivity contribution in [3.8, 4) is 11.4 Å². The van der Waals surface area contributed by atoms with E-state index in [-0.39, 0.29) is 17.7 Å². The normalized spacial score (nSPS) is 14.6. The summed E-state index contributed by atoms with van der Waals surface area (Å²) in [6.45, 7) is 1.93. The summed E-state index contributed by atoms with van der Waals surface area (Å²) in [7, 11) is 0. The summed E-state index contributed by atoms with van der Waals surface area (Å²) in [5.74, 6) is 1.04. The molecule has 1 amide bonds. The van der Waals surface area contributed by atoms with E-state index < -0.39 is 0 Å². The van der Waals surface area contributed by atoms with Crippen LogP contribution >= 0.6 is 23.4 Å². The predicted molar refractivity (Wildman–Crippen MR) is 110 cm³/mol. The number of hydrogen-bond acceptors (Lipinski definition) is 5. The second kappa shape index (κ2) is 8.32. The molecular formula is C20H20ClN5OS. The van der Waals surface area contributed by atoms with Gasteiger partial charge in [-0.05, 0) is 43.5 Å². The Balaban J connectivity index is 1.43. The van der Waals surface area contributed by atoms with Crippen molar-refractivity contribution in [1.82, 2.24) is 25.1 Å². The number of pyridine rings is 1. The Labute approximate surface area is 172 Å². The van der Waals surface area contributed by atoms with Gasteiger partial charge in [-0.15, -0.1) is 10.2 Å².